The maximum absolute atomic E-state index is 6.22. The van der Waals surface area contributed by atoms with Crippen molar-refractivity contribution in [3.05, 3.63) is 35.9 Å². The van der Waals surface area contributed by atoms with Gasteiger partial charge in [-0.15, -0.1) is 0 Å². The van der Waals surface area contributed by atoms with E-state index >= 15 is 0 Å². The van der Waals surface area contributed by atoms with E-state index in [4.69, 9.17) is 14.5 Å². The molecule has 0 bridgehead atoms. The van der Waals surface area contributed by atoms with Crippen LogP contribution in [0.25, 0.3) is 0 Å². The number of aryl methyl sites for hydroxylation is 1. The molecule has 1 atom stereocenters. The zero-order valence-electron chi connectivity index (χ0n) is 15.0. The maximum atomic E-state index is 6.22. The molecule has 1 aliphatic carbocycles. The van der Waals surface area contributed by atoms with Crippen molar-refractivity contribution in [2.45, 2.75) is 44.2 Å². The lowest BCUT2D eigenvalue weighted by Crippen LogP contribution is -2.41. The summed E-state index contributed by atoms with van der Waals surface area (Å²) in [5.41, 5.74) is 0. The number of piperidine rings is 1. The van der Waals surface area contributed by atoms with Crippen LogP contribution in [0.3, 0.4) is 0 Å². The molecule has 1 saturated carbocycles. The molecule has 0 amide bonds. The molecule has 6 heteroatoms. The number of nitrogens with zero attached hydrogens (tertiary/aromatic N) is 4. The molecular formula is C19H26N4O2. The Morgan fingerprint density at radius 1 is 1.16 bits per heavy atom. The molecule has 2 fully saturated rings. The monoisotopic (exact) mass is 342 g/mol. The minimum atomic E-state index is 0.182. The second kappa shape index (κ2) is 7.04. The van der Waals surface area contributed by atoms with Gasteiger partial charge in [0.1, 0.15) is 11.9 Å². The van der Waals surface area contributed by atoms with Gasteiger partial charge in [-0.25, -0.2) is 4.98 Å². The number of aromatic nitrogens is 3. The van der Waals surface area contributed by atoms with Crippen molar-refractivity contribution >= 4 is 0 Å². The van der Waals surface area contributed by atoms with Gasteiger partial charge in [-0.05, 0) is 44.4 Å². The molecular weight excluding hydrogens is 316 g/mol. The van der Waals surface area contributed by atoms with E-state index in [9.17, 15) is 0 Å². The quantitative estimate of drug-likeness (QED) is 0.808. The second-order valence-electron chi connectivity index (χ2n) is 7.05. The lowest BCUT2D eigenvalue weighted by molar-refractivity contribution is 0.0799. The number of hydrogen-bond acceptors (Lipinski definition) is 5. The third-order valence-electron chi connectivity index (χ3n) is 5.00. The van der Waals surface area contributed by atoms with Crippen LogP contribution in [0.4, 0.5) is 0 Å². The van der Waals surface area contributed by atoms with Gasteiger partial charge < -0.3 is 9.47 Å². The normalized spacial score (nSPS) is 21.3. The van der Waals surface area contributed by atoms with Crippen molar-refractivity contribution in [1.82, 2.24) is 19.7 Å². The van der Waals surface area contributed by atoms with Crippen LogP contribution in [0.15, 0.2) is 24.3 Å². The highest BCUT2D eigenvalue weighted by atomic mass is 16.5. The Balaban J connectivity index is 1.39. The topological polar surface area (TPSA) is 52.4 Å². The zero-order valence-corrected chi connectivity index (χ0v) is 15.0. The third kappa shape index (κ3) is 3.79. The van der Waals surface area contributed by atoms with E-state index < -0.39 is 0 Å². The molecule has 1 aliphatic heterocycles. The number of methoxy groups -OCH3 is 1. The average Bonchev–Trinajstić information content (AvgIpc) is 3.41. The number of benzene rings is 1. The molecule has 2 aromatic rings. The number of likely N-dealkylation sites (tertiary alicyclic amines) is 1. The highest BCUT2D eigenvalue weighted by Crippen LogP contribution is 2.38. The molecule has 25 heavy (non-hydrogen) atoms. The van der Waals surface area contributed by atoms with Crippen molar-refractivity contribution in [3.63, 3.8) is 0 Å². The summed E-state index contributed by atoms with van der Waals surface area (Å²) in [5.74, 6) is 4.30. The standard InChI is InChI=1S/C19H26N4O2/c1-22-18(20-19(21-22)14-9-10-14)13-23-11-5-6-15(12-23)25-17-8-4-3-7-16(17)24-2/h3-4,7-8,14-15H,5-6,9-13H2,1-2H3. The summed E-state index contributed by atoms with van der Waals surface area (Å²) in [4.78, 5) is 7.17. The maximum Gasteiger partial charge on any atom is 0.161 e. The summed E-state index contributed by atoms with van der Waals surface area (Å²) < 4.78 is 13.6. The molecule has 0 spiro atoms. The first-order valence-corrected chi connectivity index (χ1v) is 9.15. The molecule has 6 nitrogen and oxygen atoms in total. The Morgan fingerprint density at radius 3 is 2.72 bits per heavy atom. The van der Waals surface area contributed by atoms with Gasteiger partial charge in [0, 0.05) is 19.5 Å². The number of para-hydroxylation sites is 2. The molecule has 4 rings (SSSR count). The molecule has 1 unspecified atom stereocenters. The van der Waals surface area contributed by atoms with Gasteiger partial charge in [0.2, 0.25) is 0 Å². The van der Waals surface area contributed by atoms with Gasteiger partial charge in [-0.3, -0.25) is 9.58 Å². The van der Waals surface area contributed by atoms with Gasteiger partial charge >= 0.3 is 0 Å². The summed E-state index contributed by atoms with van der Waals surface area (Å²) in [6.45, 7) is 2.82. The fourth-order valence-corrected chi connectivity index (χ4v) is 3.44. The lowest BCUT2D eigenvalue weighted by atomic mass is 10.1. The van der Waals surface area contributed by atoms with E-state index in [2.05, 4.69) is 10.00 Å². The fourth-order valence-electron chi connectivity index (χ4n) is 3.44. The molecule has 0 radical (unpaired) electrons. The lowest BCUT2D eigenvalue weighted by Gasteiger charge is -2.32. The van der Waals surface area contributed by atoms with E-state index in [1.54, 1.807) is 7.11 Å². The number of ether oxygens (including phenoxy) is 2. The fraction of sp³-hybridized carbons (Fsp3) is 0.579. The molecule has 1 aromatic carbocycles. The Bertz CT molecular complexity index is 726. The highest BCUT2D eigenvalue weighted by Gasteiger charge is 2.29. The summed E-state index contributed by atoms with van der Waals surface area (Å²) >= 11 is 0. The zero-order chi connectivity index (χ0) is 17.2. The van der Waals surface area contributed by atoms with Gasteiger partial charge in [0.15, 0.2) is 17.3 Å². The van der Waals surface area contributed by atoms with E-state index in [0.29, 0.717) is 5.92 Å². The SMILES string of the molecule is COc1ccccc1OC1CCCN(Cc2nc(C3CC3)nn2C)C1. The van der Waals surface area contributed by atoms with Gasteiger partial charge in [0.05, 0.1) is 13.7 Å². The Labute approximate surface area is 148 Å². The van der Waals surface area contributed by atoms with Crippen molar-refractivity contribution in [1.29, 1.82) is 0 Å². The smallest absolute Gasteiger partial charge is 0.161 e. The predicted molar refractivity (Wildman–Crippen MR) is 94.9 cm³/mol. The van der Waals surface area contributed by atoms with E-state index in [1.165, 1.54) is 12.8 Å². The Hall–Kier alpha value is -2.08. The van der Waals surface area contributed by atoms with Crippen molar-refractivity contribution < 1.29 is 9.47 Å². The van der Waals surface area contributed by atoms with Crippen LogP contribution in [-0.4, -0.2) is 46.0 Å². The van der Waals surface area contributed by atoms with Crippen LogP contribution >= 0.6 is 0 Å². The van der Waals surface area contributed by atoms with Crippen LogP contribution in [0.5, 0.6) is 11.5 Å². The van der Waals surface area contributed by atoms with E-state index in [0.717, 1.165) is 55.6 Å². The van der Waals surface area contributed by atoms with Gasteiger partial charge in [0.25, 0.3) is 0 Å². The summed E-state index contributed by atoms with van der Waals surface area (Å²) in [7, 11) is 3.68. The molecule has 1 aromatic heterocycles. The van der Waals surface area contributed by atoms with Crippen molar-refractivity contribution in [2.24, 2.45) is 7.05 Å². The summed E-state index contributed by atoms with van der Waals surface area (Å²) in [5, 5.41) is 4.58. The van der Waals surface area contributed by atoms with Crippen LogP contribution in [0.1, 0.15) is 43.3 Å². The molecule has 2 heterocycles. The summed E-state index contributed by atoms with van der Waals surface area (Å²) in [6, 6.07) is 7.86. The second-order valence-corrected chi connectivity index (χ2v) is 7.05. The number of rotatable bonds is 6. The van der Waals surface area contributed by atoms with Crippen LogP contribution in [-0.2, 0) is 13.6 Å². The molecule has 134 valence electrons. The van der Waals surface area contributed by atoms with Crippen LogP contribution < -0.4 is 9.47 Å². The Morgan fingerprint density at radius 2 is 1.96 bits per heavy atom. The molecule has 1 saturated heterocycles. The van der Waals surface area contributed by atoms with Crippen molar-refractivity contribution in [3.8, 4) is 11.5 Å². The molecule has 0 N–H and O–H groups in total. The number of hydrogen-bond donors (Lipinski definition) is 0. The minimum Gasteiger partial charge on any atom is -0.493 e. The molecule has 2 aliphatic rings. The average molecular weight is 342 g/mol. The minimum absolute atomic E-state index is 0.182. The highest BCUT2D eigenvalue weighted by molar-refractivity contribution is 5.39. The first-order valence-electron chi connectivity index (χ1n) is 9.15. The largest absolute Gasteiger partial charge is 0.493 e. The summed E-state index contributed by atoms with van der Waals surface area (Å²) in [6.07, 6.45) is 4.86. The van der Waals surface area contributed by atoms with Crippen LogP contribution in [0.2, 0.25) is 0 Å². The Kier molecular flexibility index (Phi) is 4.61. The first kappa shape index (κ1) is 16.4. The van der Waals surface area contributed by atoms with Crippen LogP contribution in [0, 0.1) is 0 Å². The first-order chi connectivity index (χ1) is 12.2. The van der Waals surface area contributed by atoms with Gasteiger partial charge in [-0.1, -0.05) is 12.1 Å². The predicted octanol–water partition coefficient (Wildman–Crippen LogP) is 2.74. The van der Waals surface area contributed by atoms with E-state index in [-0.39, 0.29) is 6.10 Å². The van der Waals surface area contributed by atoms with E-state index in [1.807, 2.05) is 36.0 Å². The van der Waals surface area contributed by atoms with Crippen molar-refractivity contribution in [2.75, 3.05) is 20.2 Å². The third-order valence-corrected chi connectivity index (χ3v) is 5.00. The van der Waals surface area contributed by atoms with Gasteiger partial charge in [-0.2, -0.15) is 5.10 Å².